The molecule has 2 atom stereocenters. The number of hydrogen-bond acceptors (Lipinski definition) is 4. The molecule has 26 heavy (non-hydrogen) atoms. The fraction of sp³-hybridized carbons (Fsp3) is 0.524. The average Bonchev–Trinajstić information content (AvgIpc) is 2.57. The van der Waals surface area contributed by atoms with Crippen molar-refractivity contribution in [3.8, 4) is 11.1 Å². The van der Waals surface area contributed by atoms with Crippen LogP contribution in [0.15, 0.2) is 29.2 Å². The van der Waals surface area contributed by atoms with Gasteiger partial charge in [-0.15, -0.1) is 0 Å². The number of likely N-dealkylation sites (tertiary alicyclic amines) is 1. The van der Waals surface area contributed by atoms with Crippen molar-refractivity contribution in [3.63, 3.8) is 0 Å². The maximum atomic E-state index is 12.8. The third-order valence-corrected chi connectivity index (χ3v) is 5.62. The largest absolute Gasteiger partial charge is 0.383 e. The average molecular weight is 352 g/mol. The highest BCUT2D eigenvalue weighted by Crippen LogP contribution is 2.37. The molecule has 0 amide bonds. The van der Waals surface area contributed by atoms with Crippen LogP contribution in [0.2, 0.25) is 0 Å². The first-order valence-corrected chi connectivity index (χ1v) is 9.60. The van der Waals surface area contributed by atoms with Crippen molar-refractivity contribution in [2.24, 2.45) is 11.8 Å². The summed E-state index contributed by atoms with van der Waals surface area (Å²) in [7, 11) is 0. The molecule has 2 aromatic heterocycles. The van der Waals surface area contributed by atoms with Crippen molar-refractivity contribution in [3.05, 3.63) is 46.0 Å². The molecule has 4 heterocycles. The van der Waals surface area contributed by atoms with Gasteiger partial charge in [0.2, 0.25) is 0 Å². The van der Waals surface area contributed by atoms with Gasteiger partial charge in [0.25, 0.3) is 5.56 Å². The van der Waals surface area contributed by atoms with Gasteiger partial charge in [-0.05, 0) is 48.4 Å². The zero-order chi connectivity index (χ0) is 18.4. The summed E-state index contributed by atoms with van der Waals surface area (Å²) in [6, 6.07) is 5.92. The highest BCUT2D eigenvalue weighted by molar-refractivity contribution is 5.74. The Hall–Kier alpha value is -2.14. The third kappa shape index (κ3) is 3.16. The van der Waals surface area contributed by atoms with E-state index in [0.717, 1.165) is 48.6 Å². The molecule has 2 bridgehead atoms. The lowest BCUT2D eigenvalue weighted by atomic mass is 9.82. The number of aryl methyl sites for hydroxylation is 1. The summed E-state index contributed by atoms with van der Waals surface area (Å²) in [5.74, 6) is 2.15. The van der Waals surface area contributed by atoms with Crippen LogP contribution in [0.3, 0.4) is 0 Å². The van der Waals surface area contributed by atoms with Gasteiger partial charge >= 0.3 is 0 Å². The molecule has 4 rings (SSSR count). The van der Waals surface area contributed by atoms with E-state index in [9.17, 15) is 4.79 Å². The van der Waals surface area contributed by atoms with Gasteiger partial charge in [0.15, 0.2) is 0 Å². The molecule has 0 aromatic carbocycles. The molecule has 2 aliphatic rings. The number of piperidine rings is 1. The Kier molecular flexibility index (Phi) is 4.35. The monoisotopic (exact) mass is 352 g/mol. The Morgan fingerprint density at radius 2 is 2.04 bits per heavy atom. The van der Waals surface area contributed by atoms with Crippen LogP contribution < -0.4 is 11.3 Å². The molecule has 0 spiro atoms. The quantitative estimate of drug-likeness (QED) is 0.922. The molecule has 0 saturated carbocycles. The second kappa shape index (κ2) is 6.54. The van der Waals surface area contributed by atoms with E-state index in [0.29, 0.717) is 23.6 Å². The molecule has 138 valence electrons. The lowest BCUT2D eigenvalue weighted by Crippen LogP contribution is -2.48. The van der Waals surface area contributed by atoms with Crippen LogP contribution in [0.4, 0.5) is 5.82 Å². The van der Waals surface area contributed by atoms with E-state index in [1.807, 2.05) is 17.6 Å². The van der Waals surface area contributed by atoms with Gasteiger partial charge in [0.05, 0.1) is 0 Å². The number of pyridine rings is 2. The molecule has 0 unspecified atom stereocenters. The van der Waals surface area contributed by atoms with Crippen molar-refractivity contribution in [2.45, 2.75) is 39.7 Å². The fourth-order valence-electron chi connectivity index (χ4n) is 4.69. The van der Waals surface area contributed by atoms with Gasteiger partial charge < -0.3 is 15.2 Å². The molecule has 2 aliphatic heterocycles. The first-order chi connectivity index (χ1) is 12.4. The van der Waals surface area contributed by atoms with Crippen molar-refractivity contribution >= 4 is 5.82 Å². The van der Waals surface area contributed by atoms with Crippen molar-refractivity contribution < 1.29 is 0 Å². The molecule has 5 nitrogen and oxygen atoms in total. The molecule has 0 radical (unpaired) electrons. The second-order valence-corrected chi connectivity index (χ2v) is 8.47. The lowest BCUT2D eigenvalue weighted by Gasteiger charge is -2.43. The van der Waals surface area contributed by atoms with Crippen molar-refractivity contribution in [2.75, 3.05) is 25.4 Å². The Morgan fingerprint density at radius 3 is 2.81 bits per heavy atom. The second-order valence-electron chi connectivity index (χ2n) is 8.47. The van der Waals surface area contributed by atoms with Gasteiger partial charge in [-0.2, -0.15) is 0 Å². The fourth-order valence-corrected chi connectivity index (χ4v) is 4.69. The minimum Gasteiger partial charge on any atom is -0.383 e. The predicted octanol–water partition coefficient (Wildman–Crippen LogP) is 2.88. The molecular weight excluding hydrogens is 324 g/mol. The number of rotatable bonds is 3. The van der Waals surface area contributed by atoms with E-state index in [-0.39, 0.29) is 5.56 Å². The van der Waals surface area contributed by atoms with Crippen molar-refractivity contribution in [1.82, 2.24) is 14.5 Å². The number of aromatic nitrogens is 2. The van der Waals surface area contributed by atoms with E-state index in [1.165, 1.54) is 6.42 Å². The summed E-state index contributed by atoms with van der Waals surface area (Å²) in [6.45, 7) is 10.7. The minimum atomic E-state index is 0.0883. The summed E-state index contributed by atoms with van der Waals surface area (Å²) < 4.78 is 1.99. The van der Waals surface area contributed by atoms with E-state index < -0.39 is 0 Å². The van der Waals surface area contributed by atoms with Crippen LogP contribution in [0.5, 0.6) is 0 Å². The van der Waals surface area contributed by atoms with Crippen LogP contribution in [-0.4, -0.2) is 34.1 Å². The SMILES string of the molecule is Cc1cnc(N)c(-c2cc3n(c(=O)c2)C[C@H]2C[C@@H]3CN(CC(C)C)C2)c1. The van der Waals surface area contributed by atoms with Gasteiger partial charge in [-0.25, -0.2) is 4.98 Å². The summed E-state index contributed by atoms with van der Waals surface area (Å²) in [4.78, 5) is 19.7. The smallest absolute Gasteiger partial charge is 0.251 e. The van der Waals surface area contributed by atoms with Crippen LogP contribution in [0, 0.1) is 18.8 Å². The molecule has 5 heteroatoms. The van der Waals surface area contributed by atoms with Crippen LogP contribution in [0.25, 0.3) is 11.1 Å². The van der Waals surface area contributed by atoms with Crippen LogP contribution in [0.1, 0.15) is 37.4 Å². The number of nitrogens with two attached hydrogens (primary N) is 1. The number of anilines is 1. The lowest BCUT2D eigenvalue weighted by molar-refractivity contribution is 0.109. The maximum absolute atomic E-state index is 12.8. The van der Waals surface area contributed by atoms with Crippen molar-refractivity contribution in [1.29, 1.82) is 0 Å². The third-order valence-electron chi connectivity index (χ3n) is 5.62. The minimum absolute atomic E-state index is 0.0883. The highest BCUT2D eigenvalue weighted by atomic mass is 16.1. The van der Waals surface area contributed by atoms with Gasteiger partial charge in [-0.3, -0.25) is 4.79 Å². The zero-order valence-corrected chi connectivity index (χ0v) is 15.9. The summed E-state index contributed by atoms with van der Waals surface area (Å²) in [6.07, 6.45) is 2.94. The van der Waals surface area contributed by atoms with Gasteiger partial charge in [0, 0.05) is 55.6 Å². The number of nitrogen functional groups attached to an aromatic ring is 1. The molecule has 1 fully saturated rings. The highest BCUT2D eigenvalue weighted by Gasteiger charge is 2.35. The summed E-state index contributed by atoms with van der Waals surface area (Å²) >= 11 is 0. The molecule has 1 saturated heterocycles. The van der Waals surface area contributed by atoms with Crippen LogP contribution >= 0.6 is 0 Å². The number of hydrogen-bond donors (Lipinski definition) is 1. The van der Waals surface area contributed by atoms with E-state index in [1.54, 1.807) is 12.3 Å². The summed E-state index contributed by atoms with van der Waals surface area (Å²) in [5.41, 5.74) is 10.2. The summed E-state index contributed by atoms with van der Waals surface area (Å²) in [5, 5.41) is 0. The Balaban J connectivity index is 1.75. The molecular formula is C21H28N4O. The van der Waals surface area contributed by atoms with Gasteiger partial charge in [-0.1, -0.05) is 13.8 Å². The van der Waals surface area contributed by atoms with E-state index in [2.05, 4.69) is 29.8 Å². The number of fused-ring (bicyclic) bond motifs is 4. The van der Waals surface area contributed by atoms with E-state index >= 15 is 0 Å². The Labute approximate surface area is 154 Å². The Bertz CT molecular complexity index is 886. The first-order valence-electron chi connectivity index (χ1n) is 9.60. The zero-order valence-electron chi connectivity index (χ0n) is 15.9. The molecule has 2 N–H and O–H groups in total. The maximum Gasteiger partial charge on any atom is 0.251 e. The number of nitrogens with zero attached hydrogens (tertiary/aromatic N) is 3. The first kappa shape index (κ1) is 17.3. The predicted molar refractivity (Wildman–Crippen MR) is 105 cm³/mol. The van der Waals surface area contributed by atoms with E-state index in [4.69, 9.17) is 5.73 Å². The van der Waals surface area contributed by atoms with Crippen LogP contribution in [-0.2, 0) is 6.54 Å². The van der Waals surface area contributed by atoms with Gasteiger partial charge in [0.1, 0.15) is 5.82 Å². The molecule has 0 aliphatic carbocycles. The molecule has 2 aromatic rings. The normalized spacial score (nSPS) is 22.5. The Morgan fingerprint density at radius 1 is 1.23 bits per heavy atom. The standard InChI is InChI=1S/C21H28N4O/c1-13(2)9-24-10-15-5-17(12-24)19-6-16(7-20(26)25(19)11-15)18-4-14(3)8-23-21(18)22/h4,6-8,13,15,17H,5,9-12H2,1-3H3,(H2,22,23)/t15-,17+/m0/s1. The topological polar surface area (TPSA) is 64.1 Å².